The van der Waals surface area contributed by atoms with Crippen LogP contribution >= 0.6 is 0 Å². The Bertz CT molecular complexity index is 2600. The summed E-state index contributed by atoms with van der Waals surface area (Å²) in [6.45, 7) is 7.01. The summed E-state index contributed by atoms with van der Waals surface area (Å²) in [6, 6.07) is 25.4. The molecule has 0 radical (unpaired) electrons. The van der Waals surface area contributed by atoms with Crippen LogP contribution in [0.2, 0.25) is 0 Å². The summed E-state index contributed by atoms with van der Waals surface area (Å²) < 4.78 is 17.6. The molecule has 4 aliphatic rings. The topological polar surface area (TPSA) is 164 Å². The number of allylic oxidation sites excluding steroid dienone is 2. The summed E-state index contributed by atoms with van der Waals surface area (Å²) in [6.07, 6.45) is 6.55. The number of anilines is 1. The molecule has 2 saturated heterocycles. The molecular formula is C53H54N4O9. The maximum Gasteiger partial charge on any atom is 0.329 e. The molecule has 13 nitrogen and oxygen atoms in total. The van der Waals surface area contributed by atoms with Crippen molar-refractivity contribution >= 4 is 35.5 Å². The second-order valence-corrected chi connectivity index (χ2v) is 17.2. The lowest BCUT2D eigenvalue weighted by Gasteiger charge is -2.46. The molecule has 4 aromatic rings. The standard InChI is InChI=1S/C53H54N4O9/c1-5-28-54-48(59)42-45-50(61)66-46(37-20-13-8-14-21-37)44(36-18-11-7-12-19-36)57(45)47(38-22-15-23-39(32-38)65-30-29-58)53(42)40-31-35(25-24-34-16-9-6-10-17-34)26-27-41(40)56(51(53)62)52(63)55-43(33(2)3)49(60)64-4/h5,7-8,11-16,18-23,26-27,31-33,42-47,58H,1,6,9-10,17,28-30H2,2-4H3,(H,54,59)(H,55,63). The van der Waals surface area contributed by atoms with Gasteiger partial charge >= 0.3 is 18.0 Å². The number of esters is 2. The van der Waals surface area contributed by atoms with Gasteiger partial charge in [0.15, 0.2) is 0 Å². The zero-order chi connectivity index (χ0) is 46.5. The summed E-state index contributed by atoms with van der Waals surface area (Å²) in [4.78, 5) is 78.1. The SMILES string of the molecule is C=CCNC(=O)C1C2C(=O)OC(c3ccccc3)C(c3ccccc3)N2C(c2cccc(OCCO)c2)C12C(=O)N(C(=O)NC(C(=O)OC)C(C)C)c1ccc(C#CC3=CCCCC3)cc12. The molecule has 7 unspecified atom stereocenters. The van der Waals surface area contributed by atoms with Crippen molar-refractivity contribution in [1.29, 1.82) is 0 Å². The number of hydrogen-bond donors (Lipinski definition) is 3. The van der Waals surface area contributed by atoms with Crippen molar-refractivity contribution in [2.75, 3.05) is 31.8 Å². The minimum absolute atomic E-state index is 0.00183. The molecular weight excluding hydrogens is 837 g/mol. The lowest BCUT2D eigenvalue weighted by molar-refractivity contribution is -0.178. The number of imide groups is 1. The van der Waals surface area contributed by atoms with Crippen LogP contribution in [0.1, 0.15) is 85.5 Å². The molecule has 340 valence electrons. The van der Waals surface area contributed by atoms with Gasteiger partial charge in [-0.25, -0.2) is 14.5 Å². The highest BCUT2D eigenvalue weighted by atomic mass is 16.6. The van der Waals surface area contributed by atoms with Crippen LogP contribution in [-0.2, 0) is 34.1 Å². The number of urea groups is 1. The Morgan fingerprint density at radius 1 is 0.924 bits per heavy atom. The van der Waals surface area contributed by atoms with Gasteiger partial charge in [-0.1, -0.05) is 111 Å². The number of methoxy groups -OCH3 is 1. The van der Waals surface area contributed by atoms with Gasteiger partial charge in [0.25, 0.3) is 0 Å². The van der Waals surface area contributed by atoms with Gasteiger partial charge in [0.05, 0.1) is 37.4 Å². The quantitative estimate of drug-likeness (QED) is 0.0785. The molecule has 7 atom stereocenters. The van der Waals surface area contributed by atoms with Gasteiger partial charge in [-0.05, 0) is 89.8 Å². The summed E-state index contributed by atoms with van der Waals surface area (Å²) in [7, 11) is 1.22. The maximum atomic E-state index is 16.5. The predicted molar refractivity (Wildman–Crippen MR) is 247 cm³/mol. The van der Waals surface area contributed by atoms with Crippen LogP contribution in [0, 0.1) is 23.7 Å². The fourth-order valence-corrected chi connectivity index (χ4v) is 10.1. The van der Waals surface area contributed by atoms with Crippen molar-refractivity contribution < 1.29 is 43.3 Å². The fraction of sp³-hybridized carbons (Fsp3) is 0.340. The zero-order valence-corrected chi connectivity index (χ0v) is 37.3. The Morgan fingerprint density at radius 3 is 2.32 bits per heavy atom. The molecule has 3 aliphatic heterocycles. The maximum absolute atomic E-state index is 16.5. The molecule has 66 heavy (non-hydrogen) atoms. The van der Waals surface area contributed by atoms with Crippen molar-refractivity contribution in [1.82, 2.24) is 15.5 Å². The summed E-state index contributed by atoms with van der Waals surface area (Å²) in [5, 5.41) is 15.5. The van der Waals surface area contributed by atoms with Crippen molar-refractivity contribution in [3.8, 4) is 17.6 Å². The van der Waals surface area contributed by atoms with E-state index >= 15 is 14.4 Å². The number of amides is 4. The minimum Gasteiger partial charge on any atom is -0.491 e. The number of carbonyl (C=O) groups excluding carboxylic acids is 5. The summed E-state index contributed by atoms with van der Waals surface area (Å²) in [5.74, 6) is 2.11. The van der Waals surface area contributed by atoms with Gasteiger partial charge in [-0.3, -0.25) is 19.3 Å². The number of fused-ring (bicyclic) bond motifs is 3. The van der Waals surface area contributed by atoms with E-state index in [2.05, 4.69) is 35.1 Å². The Balaban J connectivity index is 1.46. The van der Waals surface area contributed by atoms with E-state index in [9.17, 15) is 14.7 Å². The fourth-order valence-electron chi connectivity index (χ4n) is 10.1. The summed E-state index contributed by atoms with van der Waals surface area (Å²) in [5.41, 5.74) is 1.78. The number of aliphatic hydroxyl groups is 1. The highest BCUT2D eigenvalue weighted by Crippen LogP contribution is 2.66. The number of hydrogen-bond acceptors (Lipinski definition) is 10. The summed E-state index contributed by atoms with van der Waals surface area (Å²) >= 11 is 0. The largest absolute Gasteiger partial charge is 0.491 e. The number of ether oxygens (including phenoxy) is 3. The van der Waals surface area contributed by atoms with E-state index in [-0.39, 0.29) is 31.0 Å². The number of morpholine rings is 1. The van der Waals surface area contributed by atoms with Crippen molar-refractivity contribution in [3.63, 3.8) is 0 Å². The van der Waals surface area contributed by atoms with E-state index < -0.39 is 77.3 Å². The molecule has 3 heterocycles. The van der Waals surface area contributed by atoms with Crippen LogP contribution in [0.3, 0.4) is 0 Å². The van der Waals surface area contributed by atoms with E-state index in [0.29, 0.717) is 22.4 Å². The van der Waals surface area contributed by atoms with Crippen LogP contribution in [0.15, 0.2) is 127 Å². The number of nitrogens with zero attached hydrogens (tertiary/aromatic N) is 2. The molecule has 0 saturated carbocycles. The molecule has 1 spiro atoms. The van der Waals surface area contributed by atoms with Crippen LogP contribution in [0.25, 0.3) is 0 Å². The molecule has 1 aliphatic carbocycles. The Kier molecular flexibility index (Phi) is 13.5. The van der Waals surface area contributed by atoms with Gasteiger partial charge in [-0.15, -0.1) is 6.58 Å². The molecule has 4 amide bonds. The Labute approximate surface area is 384 Å². The van der Waals surface area contributed by atoms with Gasteiger partial charge in [0, 0.05) is 12.1 Å². The van der Waals surface area contributed by atoms with Crippen LogP contribution in [0.4, 0.5) is 10.5 Å². The molecule has 2 fully saturated rings. The van der Waals surface area contributed by atoms with Crippen LogP contribution < -0.4 is 20.3 Å². The molecule has 3 N–H and O–H groups in total. The Hall–Kier alpha value is -7.01. The van der Waals surface area contributed by atoms with E-state index in [1.807, 2.05) is 65.6 Å². The van der Waals surface area contributed by atoms with E-state index in [4.69, 9.17) is 14.2 Å². The predicted octanol–water partition coefficient (Wildman–Crippen LogP) is 6.78. The van der Waals surface area contributed by atoms with Crippen molar-refractivity contribution in [2.24, 2.45) is 11.8 Å². The average Bonchev–Trinajstić information content (AvgIpc) is 3.80. The third-order valence-electron chi connectivity index (χ3n) is 13.0. The first-order valence-electron chi connectivity index (χ1n) is 22.4. The van der Waals surface area contributed by atoms with Gasteiger partial charge in [0.1, 0.15) is 36.0 Å². The number of carbonyl (C=O) groups is 5. The molecule has 0 aromatic heterocycles. The number of benzene rings is 4. The third-order valence-corrected chi connectivity index (χ3v) is 13.0. The smallest absolute Gasteiger partial charge is 0.329 e. The molecule has 13 heteroatoms. The van der Waals surface area contributed by atoms with Gasteiger partial charge < -0.3 is 30.0 Å². The first-order chi connectivity index (χ1) is 32.0. The minimum atomic E-state index is -2.06. The monoisotopic (exact) mass is 890 g/mol. The first kappa shape index (κ1) is 45.6. The lowest BCUT2D eigenvalue weighted by atomic mass is 9.65. The lowest BCUT2D eigenvalue weighted by Crippen LogP contribution is -2.57. The number of cyclic esters (lactones) is 1. The highest BCUT2D eigenvalue weighted by Gasteiger charge is 2.75. The van der Waals surface area contributed by atoms with Gasteiger partial charge in [0.2, 0.25) is 11.8 Å². The second-order valence-electron chi connectivity index (χ2n) is 17.2. The van der Waals surface area contributed by atoms with Crippen molar-refractivity contribution in [2.45, 2.75) is 75.2 Å². The molecule has 8 rings (SSSR count). The van der Waals surface area contributed by atoms with Crippen LogP contribution in [-0.4, -0.2) is 78.7 Å². The van der Waals surface area contributed by atoms with Crippen molar-refractivity contribution in [3.05, 3.63) is 155 Å². The number of rotatable bonds is 12. The third kappa shape index (κ3) is 8.27. The average molecular weight is 891 g/mol. The van der Waals surface area contributed by atoms with Crippen LogP contribution in [0.5, 0.6) is 5.75 Å². The molecule has 0 bridgehead atoms. The van der Waals surface area contributed by atoms with E-state index in [0.717, 1.165) is 41.7 Å². The normalized spacial score (nSPS) is 23.7. The van der Waals surface area contributed by atoms with E-state index in [1.165, 1.54) is 13.2 Å². The van der Waals surface area contributed by atoms with E-state index in [1.54, 1.807) is 56.3 Å². The van der Waals surface area contributed by atoms with Gasteiger partial charge in [-0.2, -0.15) is 0 Å². The number of nitrogens with one attached hydrogen (secondary N) is 2. The first-order valence-corrected chi connectivity index (χ1v) is 22.4. The highest BCUT2D eigenvalue weighted by molar-refractivity contribution is 6.25. The Morgan fingerprint density at radius 2 is 1.65 bits per heavy atom. The zero-order valence-electron chi connectivity index (χ0n) is 37.3. The molecule has 4 aromatic carbocycles. The number of aliphatic hydroxyl groups excluding tert-OH is 1. The second kappa shape index (κ2) is 19.6.